The van der Waals surface area contributed by atoms with Gasteiger partial charge < -0.3 is 10.2 Å². The summed E-state index contributed by atoms with van der Waals surface area (Å²) in [5.74, 6) is -0.768. The summed E-state index contributed by atoms with van der Waals surface area (Å²) in [5.41, 5.74) is 3.19. The van der Waals surface area contributed by atoms with Gasteiger partial charge in [-0.05, 0) is 44.0 Å². The topological polar surface area (TPSA) is 117 Å². The van der Waals surface area contributed by atoms with E-state index < -0.39 is 11.5 Å². The molecule has 0 radical (unpaired) electrons. The number of carboxylic acid groups (broad SMARTS) is 1. The molecule has 1 aromatic heterocycles. The number of fused-ring (bicyclic) bond motifs is 1. The van der Waals surface area contributed by atoms with Crippen LogP contribution in [0.15, 0.2) is 40.4 Å². The van der Waals surface area contributed by atoms with Crippen molar-refractivity contribution in [3.8, 4) is 5.75 Å². The number of nitrogens with zero attached hydrogens (tertiary/aromatic N) is 3. The number of aromatic nitrogens is 2. The van der Waals surface area contributed by atoms with Crippen LogP contribution in [0.4, 0.5) is 5.69 Å². The summed E-state index contributed by atoms with van der Waals surface area (Å²) < 4.78 is 1.38. The van der Waals surface area contributed by atoms with Crippen molar-refractivity contribution in [1.29, 1.82) is 0 Å². The van der Waals surface area contributed by atoms with E-state index in [1.54, 1.807) is 12.1 Å². The molecular weight excluding hydrogens is 312 g/mol. The fraction of sp³-hybridized carbons (Fsp3) is 0.250. The fourth-order valence-corrected chi connectivity index (χ4v) is 2.60. The number of phenols is 1. The normalized spacial score (nSPS) is 18.2. The second-order valence-electron chi connectivity index (χ2n) is 5.58. The van der Waals surface area contributed by atoms with Crippen molar-refractivity contribution in [3.05, 3.63) is 52.2 Å². The fourth-order valence-electron chi connectivity index (χ4n) is 2.60. The summed E-state index contributed by atoms with van der Waals surface area (Å²) in [4.78, 5) is 27.6. The van der Waals surface area contributed by atoms with Gasteiger partial charge in [0.05, 0.1) is 5.69 Å². The molecule has 2 aromatic rings. The second kappa shape index (κ2) is 6.15. The van der Waals surface area contributed by atoms with E-state index in [9.17, 15) is 14.7 Å². The molecule has 24 heavy (non-hydrogen) atoms. The van der Waals surface area contributed by atoms with Crippen LogP contribution >= 0.6 is 0 Å². The Kier molecular flexibility index (Phi) is 4.03. The van der Waals surface area contributed by atoms with Crippen molar-refractivity contribution >= 4 is 17.4 Å². The van der Waals surface area contributed by atoms with E-state index in [1.807, 2.05) is 6.92 Å². The number of hydrazone groups is 1. The Morgan fingerprint density at radius 1 is 1.38 bits per heavy atom. The van der Waals surface area contributed by atoms with E-state index in [4.69, 9.17) is 5.11 Å². The molecule has 0 saturated heterocycles. The number of phenolic OH excluding ortho intramolecular Hbond substituents is 1. The number of nitrogens with one attached hydrogen (secondary N) is 1. The molecule has 8 heteroatoms. The van der Waals surface area contributed by atoms with Crippen LogP contribution in [0.5, 0.6) is 5.75 Å². The first kappa shape index (κ1) is 15.7. The molecule has 0 fully saturated rings. The molecule has 0 unspecified atom stereocenters. The molecule has 0 spiro atoms. The van der Waals surface area contributed by atoms with Crippen LogP contribution in [-0.2, 0) is 0 Å². The number of hydrogen-bond donors (Lipinski definition) is 3. The van der Waals surface area contributed by atoms with E-state index in [2.05, 4.69) is 15.5 Å². The van der Waals surface area contributed by atoms with Crippen LogP contribution in [0.2, 0.25) is 0 Å². The predicted molar refractivity (Wildman–Crippen MR) is 87.7 cm³/mol. The SMILES string of the molecule is C[C@@H]1CC/C(=N\Nc2ccc(O)cc2)c2ncc(C(=O)O)c(=O)n21. The molecule has 1 aliphatic rings. The number of anilines is 1. The van der Waals surface area contributed by atoms with Crippen LogP contribution in [-0.4, -0.2) is 31.4 Å². The zero-order chi connectivity index (χ0) is 17.3. The Morgan fingerprint density at radius 3 is 2.75 bits per heavy atom. The summed E-state index contributed by atoms with van der Waals surface area (Å²) in [6, 6.07) is 6.24. The number of aromatic hydroxyl groups is 1. The number of benzene rings is 1. The van der Waals surface area contributed by atoms with Gasteiger partial charge in [0.25, 0.3) is 5.56 Å². The molecule has 1 aromatic carbocycles. The quantitative estimate of drug-likeness (QED) is 0.584. The van der Waals surface area contributed by atoms with Crippen LogP contribution in [0.25, 0.3) is 0 Å². The molecule has 0 aliphatic carbocycles. The third-order valence-corrected chi connectivity index (χ3v) is 3.91. The maximum Gasteiger partial charge on any atom is 0.342 e. The predicted octanol–water partition coefficient (Wildman–Crippen LogP) is 1.82. The first-order chi connectivity index (χ1) is 11.5. The molecule has 0 bridgehead atoms. The highest BCUT2D eigenvalue weighted by Crippen LogP contribution is 2.22. The Labute approximate surface area is 137 Å². The maximum atomic E-state index is 12.4. The largest absolute Gasteiger partial charge is 0.508 e. The Morgan fingerprint density at radius 2 is 2.08 bits per heavy atom. The Bertz CT molecular complexity index is 871. The minimum Gasteiger partial charge on any atom is -0.508 e. The molecule has 3 rings (SSSR count). The van der Waals surface area contributed by atoms with Gasteiger partial charge in [-0.3, -0.25) is 14.8 Å². The minimum atomic E-state index is -1.29. The Balaban J connectivity index is 1.98. The van der Waals surface area contributed by atoms with Crippen molar-refractivity contribution in [1.82, 2.24) is 9.55 Å². The van der Waals surface area contributed by atoms with Gasteiger partial charge in [0.1, 0.15) is 17.0 Å². The highest BCUT2D eigenvalue weighted by Gasteiger charge is 2.26. The summed E-state index contributed by atoms with van der Waals surface area (Å²) in [6.45, 7) is 1.85. The maximum absolute atomic E-state index is 12.4. The molecule has 1 atom stereocenters. The summed E-state index contributed by atoms with van der Waals surface area (Å²) in [5, 5.41) is 22.6. The lowest BCUT2D eigenvalue weighted by Gasteiger charge is -2.25. The number of aromatic carboxylic acids is 1. The zero-order valence-corrected chi connectivity index (χ0v) is 12.9. The molecule has 8 nitrogen and oxygen atoms in total. The number of rotatable bonds is 3. The van der Waals surface area contributed by atoms with Gasteiger partial charge in [-0.25, -0.2) is 9.78 Å². The van der Waals surface area contributed by atoms with Crippen molar-refractivity contribution in [3.63, 3.8) is 0 Å². The standard InChI is InChI=1S/C16H16N4O4/c1-9-2-7-13(19-18-10-3-5-11(21)6-4-10)14-17-8-12(16(23)24)15(22)20(9)14/h3-6,8-9,18,21H,2,7H2,1H3,(H,23,24)/b19-13+/t9-/m1/s1. The molecule has 3 N–H and O–H groups in total. The number of carboxylic acids is 1. The van der Waals surface area contributed by atoms with Crippen LogP contribution in [0.1, 0.15) is 42.0 Å². The van der Waals surface area contributed by atoms with Gasteiger partial charge in [-0.15, -0.1) is 0 Å². The van der Waals surface area contributed by atoms with E-state index in [-0.39, 0.29) is 17.4 Å². The molecule has 1 aliphatic heterocycles. The van der Waals surface area contributed by atoms with Gasteiger partial charge >= 0.3 is 5.97 Å². The molecule has 0 saturated carbocycles. The number of carbonyl (C=O) groups is 1. The van der Waals surface area contributed by atoms with E-state index in [0.29, 0.717) is 30.1 Å². The minimum absolute atomic E-state index is 0.146. The third kappa shape index (κ3) is 2.85. The van der Waals surface area contributed by atoms with E-state index in [1.165, 1.54) is 16.7 Å². The third-order valence-electron chi connectivity index (χ3n) is 3.91. The average Bonchev–Trinajstić information content (AvgIpc) is 2.55. The lowest BCUT2D eigenvalue weighted by Crippen LogP contribution is -2.37. The average molecular weight is 328 g/mol. The van der Waals surface area contributed by atoms with Crippen molar-refractivity contribution < 1.29 is 15.0 Å². The van der Waals surface area contributed by atoms with E-state index >= 15 is 0 Å². The van der Waals surface area contributed by atoms with Gasteiger partial charge in [0.15, 0.2) is 5.82 Å². The van der Waals surface area contributed by atoms with Crippen molar-refractivity contribution in [2.45, 2.75) is 25.8 Å². The summed E-state index contributed by atoms with van der Waals surface area (Å²) in [7, 11) is 0. The van der Waals surface area contributed by atoms with Crippen molar-refractivity contribution in [2.75, 3.05) is 5.43 Å². The first-order valence-electron chi connectivity index (χ1n) is 7.44. The van der Waals surface area contributed by atoms with Gasteiger partial charge in [-0.2, -0.15) is 5.10 Å². The van der Waals surface area contributed by atoms with Crippen LogP contribution in [0, 0.1) is 0 Å². The van der Waals surface area contributed by atoms with Gasteiger partial charge in [0, 0.05) is 12.2 Å². The zero-order valence-electron chi connectivity index (χ0n) is 12.9. The highest BCUT2D eigenvalue weighted by molar-refractivity contribution is 5.99. The van der Waals surface area contributed by atoms with Crippen LogP contribution < -0.4 is 11.0 Å². The highest BCUT2D eigenvalue weighted by atomic mass is 16.4. The Hall–Kier alpha value is -3.16. The van der Waals surface area contributed by atoms with E-state index in [0.717, 1.165) is 6.20 Å². The molecule has 0 amide bonds. The molecular formula is C16H16N4O4. The lowest BCUT2D eigenvalue weighted by atomic mass is 10.0. The molecule has 2 heterocycles. The second-order valence-corrected chi connectivity index (χ2v) is 5.58. The van der Waals surface area contributed by atoms with Gasteiger partial charge in [-0.1, -0.05) is 0 Å². The summed E-state index contributed by atoms with van der Waals surface area (Å²) in [6.07, 6.45) is 2.35. The molecule has 124 valence electrons. The van der Waals surface area contributed by atoms with Gasteiger partial charge in [0.2, 0.25) is 0 Å². The smallest absolute Gasteiger partial charge is 0.342 e. The lowest BCUT2D eigenvalue weighted by molar-refractivity contribution is 0.0693. The number of hydrogen-bond acceptors (Lipinski definition) is 6. The van der Waals surface area contributed by atoms with Crippen molar-refractivity contribution in [2.24, 2.45) is 5.10 Å². The summed E-state index contributed by atoms with van der Waals surface area (Å²) >= 11 is 0. The first-order valence-corrected chi connectivity index (χ1v) is 7.44. The van der Waals surface area contributed by atoms with Crippen LogP contribution in [0.3, 0.4) is 0 Å². The monoisotopic (exact) mass is 328 g/mol.